The lowest BCUT2D eigenvalue weighted by Gasteiger charge is -2.25. The molecule has 88 valence electrons. The van der Waals surface area contributed by atoms with Crippen molar-refractivity contribution in [3.63, 3.8) is 0 Å². The first-order chi connectivity index (χ1) is 7.54. The van der Waals surface area contributed by atoms with Crippen molar-refractivity contribution in [3.8, 4) is 6.07 Å². The average Bonchev–Trinajstić information content (AvgIpc) is 2.22. The molecule has 1 rings (SSSR count). The largest absolute Gasteiger partial charge is 0.354 e. The average molecular weight is 223 g/mol. The van der Waals surface area contributed by atoms with E-state index in [1.54, 1.807) is 0 Å². The molecule has 0 aliphatic carbocycles. The van der Waals surface area contributed by atoms with Crippen LogP contribution in [0.15, 0.2) is 0 Å². The lowest BCUT2D eigenvalue weighted by atomic mass is 9.95. The van der Waals surface area contributed by atoms with Gasteiger partial charge in [0, 0.05) is 19.0 Å². The summed E-state index contributed by atoms with van der Waals surface area (Å²) in [4.78, 5) is 22.6. The van der Waals surface area contributed by atoms with Crippen LogP contribution < -0.4 is 10.6 Å². The van der Waals surface area contributed by atoms with Gasteiger partial charge in [0.15, 0.2) is 0 Å². The van der Waals surface area contributed by atoms with Gasteiger partial charge in [0.05, 0.1) is 6.07 Å². The van der Waals surface area contributed by atoms with Gasteiger partial charge in [-0.3, -0.25) is 9.59 Å². The van der Waals surface area contributed by atoms with Crippen molar-refractivity contribution >= 4 is 11.8 Å². The van der Waals surface area contributed by atoms with Crippen LogP contribution in [-0.4, -0.2) is 24.4 Å². The van der Waals surface area contributed by atoms with Crippen LogP contribution in [0.1, 0.15) is 26.7 Å². The SMILES string of the molecule is CC(C)C(C#N)C(=O)NC1CCC(=O)NC1. The zero-order chi connectivity index (χ0) is 12.1. The molecule has 5 heteroatoms. The van der Waals surface area contributed by atoms with E-state index in [-0.39, 0.29) is 23.8 Å². The summed E-state index contributed by atoms with van der Waals surface area (Å²) < 4.78 is 0. The number of nitrogens with one attached hydrogen (secondary N) is 2. The molecule has 16 heavy (non-hydrogen) atoms. The third kappa shape index (κ3) is 3.23. The van der Waals surface area contributed by atoms with E-state index >= 15 is 0 Å². The number of carbonyl (C=O) groups excluding carboxylic acids is 2. The van der Waals surface area contributed by atoms with Crippen molar-refractivity contribution in [1.29, 1.82) is 5.26 Å². The van der Waals surface area contributed by atoms with Gasteiger partial charge in [-0.05, 0) is 12.3 Å². The van der Waals surface area contributed by atoms with Crippen LogP contribution in [-0.2, 0) is 9.59 Å². The Labute approximate surface area is 95.2 Å². The number of rotatable bonds is 3. The molecule has 0 saturated carbocycles. The molecule has 1 aliphatic rings. The second-order valence-electron chi connectivity index (χ2n) is 4.40. The lowest BCUT2D eigenvalue weighted by Crippen LogP contribution is -2.49. The second-order valence-corrected chi connectivity index (χ2v) is 4.40. The van der Waals surface area contributed by atoms with Crippen LogP contribution in [0, 0.1) is 23.2 Å². The maximum atomic E-state index is 11.7. The summed E-state index contributed by atoms with van der Waals surface area (Å²) >= 11 is 0. The predicted octanol–water partition coefficient (Wildman–Crippen LogP) is 0.177. The quantitative estimate of drug-likeness (QED) is 0.716. The lowest BCUT2D eigenvalue weighted by molar-refractivity contribution is -0.127. The molecular weight excluding hydrogens is 206 g/mol. The molecule has 2 amide bonds. The molecule has 2 unspecified atom stereocenters. The van der Waals surface area contributed by atoms with Crippen molar-refractivity contribution < 1.29 is 9.59 Å². The molecule has 1 fully saturated rings. The summed E-state index contributed by atoms with van der Waals surface area (Å²) in [6.07, 6.45) is 1.08. The Morgan fingerprint density at radius 1 is 1.62 bits per heavy atom. The standard InChI is InChI=1S/C11H17N3O2/c1-7(2)9(5-12)11(16)14-8-3-4-10(15)13-6-8/h7-9H,3-4,6H2,1-2H3,(H,13,15)(H,14,16). The van der Waals surface area contributed by atoms with Gasteiger partial charge in [-0.15, -0.1) is 0 Å². The summed E-state index contributed by atoms with van der Waals surface area (Å²) in [5.74, 6) is -0.828. The fourth-order valence-electron chi connectivity index (χ4n) is 1.66. The molecule has 2 N–H and O–H groups in total. The number of nitriles is 1. The van der Waals surface area contributed by atoms with E-state index in [1.165, 1.54) is 0 Å². The van der Waals surface area contributed by atoms with Crippen molar-refractivity contribution in [2.75, 3.05) is 6.54 Å². The maximum absolute atomic E-state index is 11.7. The van der Waals surface area contributed by atoms with Crippen molar-refractivity contribution in [2.45, 2.75) is 32.7 Å². The summed E-state index contributed by atoms with van der Waals surface area (Å²) in [7, 11) is 0. The van der Waals surface area contributed by atoms with E-state index in [2.05, 4.69) is 10.6 Å². The molecule has 1 aliphatic heterocycles. The van der Waals surface area contributed by atoms with Crippen LogP contribution in [0.3, 0.4) is 0 Å². The first-order valence-corrected chi connectivity index (χ1v) is 5.51. The normalized spacial score (nSPS) is 22.1. The van der Waals surface area contributed by atoms with Crippen molar-refractivity contribution in [3.05, 3.63) is 0 Å². The first kappa shape index (κ1) is 12.5. The molecule has 0 aromatic carbocycles. The molecular formula is C11H17N3O2. The zero-order valence-corrected chi connectivity index (χ0v) is 9.62. The van der Waals surface area contributed by atoms with Gasteiger partial charge < -0.3 is 10.6 Å². The van der Waals surface area contributed by atoms with Gasteiger partial charge in [0.1, 0.15) is 5.92 Å². The van der Waals surface area contributed by atoms with Gasteiger partial charge >= 0.3 is 0 Å². The van der Waals surface area contributed by atoms with Crippen LogP contribution in [0.4, 0.5) is 0 Å². The van der Waals surface area contributed by atoms with Crippen LogP contribution >= 0.6 is 0 Å². The van der Waals surface area contributed by atoms with Gasteiger partial charge in [0.25, 0.3) is 0 Å². The minimum atomic E-state index is -0.613. The maximum Gasteiger partial charge on any atom is 0.237 e. The van der Waals surface area contributed by atoms with E-state index in [4.69, 9.17) is 5.26 Å². The molecule has 0 spiro atoms. The van der Waals surface area contributed by atoms with E-state index in [1.807, 2.05) is 19.9 Å². The van der Waals surface area contributed by atoms with E-state index in [0.29, 0.717) is 19.4 Å². The molecule has 0 radical (unpaired) electrons. The molecule has 1 saturated heterocycles. The summed E-state index contributed by atoms with van der Waals surface area (Å²) in [6.45, 7) is 4.15. The molecule has 2 atom stereocenters. The third-order valence-corrected chi connectivity index (χ3v) is 2.70. The highest BCUT2D eigenvalue weighted by molar-refractivity contribution is 5.82. The topological polar surface area (TPSA) is 82.0 Å². The first-order valence-electron chi connectivity index (χ1n) is 5.51. The zero-order valence-electron chi connectivity index (χ0n) is 9.62. The highest BCUT2D eigenvalue weighted by Gasteiger charge is 2.26. The fourth-order valence-corrected chi connectivity index (χ4v) is 1.66. The third-order valence-electron chi connectivity index (χ3n) is 2.70. The van der Waals surface area contributed by atoms with Gasteiger partial charge in [-0.2, -0.15) is 5.26 Å². The van der Waals surface area contributed by atoms with E-state index < -0.39 is 5.92 Å². The van der Waals surface area contributed by atoms with Crippen molar-refractivity contribution in [2.24, 2.45) is 11.8 Å². The minimum absolute atomic E-state index is 0.00295. The van der Waals surface area contributed by atoms with Gasteiger partial charge in [-0.1, -0.05) is 13.8 Å². The highest BCUT2D eigenvalue weighted by Crippen LogP contribution is 2.11. The molecule has 0 bridgehead atoms. The molecule has 0 aromatic heterocycles. The van der Waals surface area contributed by atoms with Gasteiger partial charge in [-0.25, -0.2) is 0 Å². The number of hydrogen-bond donors (Lipinski definition) is 2. The smallest absolute Gasteiger partial charge is 0.237 e. The fraction of sp³-hybridized carbons (Fsp3) is 0.727. The number of hydrogen-bond acceptors (Lipinski definition) is 3. The summed E-state index contributed by atoms with van der Waals surface area (Å²) in [5.41, 5.74) is 0. The van der Waals surface area contributed by atoms with Crippen LogP contribution in [0.5, 0.6) is 0 Å². The van der Waals surface area contributed by atoms with E-state index in [0.717, 1.165) is 0 Å². The molecule has 0 aromatic rings. The van der Waals surface area contributed by atoms with Crippen LogP contribution in [0.25, 0.3) is 0 Å². The Morgan fingerprint density at radius 2 is 2.31 bits per heavy atom. The number of amides is 2. The number of nitrogens with zero attached hydrogens (tertiary/aromatic N) is 1. The predicted molar refractivity (Wildman–Crippen MR) is 58.1 cm³/mol. The Morgan fingerprint density at radius 3 is 2.75 bits per heavy atom. The molecule has 1 heterocycles. The van der Waals surface area contributed by atoms with Crippen molar-refractivity contribution in [1.82, 2.24) is 10.6 Å². The van der Waals surface area contributed by atoms with Gasteiger partial charge in [0.2, 0.25) is 11.8 Å². The Kier molecular flexibility index (Phi) is 4.29. The summed E-state index contributed by atoms with van der Waals surface area (Å²) in [6, 6.07) is 1.96. The monoisotopic (exact) mass is 223 g/mol. The Hall–Kier alpha value is -1.57. The van der Waals surface area contributed by atoms with Crippen LogP contribution in [0.2, 0.25) is 0 Å². The number of piperidine rings is 1. The Bertz CT molecular complexity index is 310. The minimum Gasteiger partial charge on any atom is -0.354 e. The second kappa shape index (κ2) is 5.50. The van der Waals surface area contributed by atoms with E-state index in [9.17, 15) is 9.59 Å². The highest BCUT2D eigenvalue weighted by atomic mass is 16.2. The Balaban J connectivity index is 2.45. The number of carbonyl (C=O) groups is 2. The molecule has 5 nitrogen and oxygen atoms in total. The summed E-state index contributed by atoms with van der Waals surface area (Å²) in [5, 5.41) is 14.3.